The molecule has 0 saturated heterocycles. The molecule has 0 radical (unpaired) electrons. The van der Waals surface area contributed by atoms with E-state index in [-0.39, 0.29) is 0 Å². The lowest BCUT2D eigenvalue weighted by molar-refractivity contribution is -0.688. The molecule has 6 nitrogen and oxygen atoms in total. The minimum Gasteiger partial charge on any atom is -0.353 e. The maximum atomic E-state index is 5.39. The molecule has 3 aromatic carbocycles. The Kier molecular flexibility index (Phi) is 12.9. The van der Waals surface area contributed by atoms with E-state index in [0.717, 1.165) is 65.2 Å². The second-order valence-electron chi connectivity index (χ2n) is 11.6. The van der Waals surface area contributed by atoms with E-state index in [1.54, 1.807) is 0 Å². The van der Waals surface area contributed by atoms with Gasteiger partial charge in [0.05, 0.1) is 13.1 Å². The van der Waals surface area contributed by atoms with Gasteiger partial charge in [-0.3, -0.25) is 0 Å². The minimum absolute atomic E-state index is 0.641. The van der Waals surface area contributed by atoms with Crippen LogP contribution in [0, 0.1) is 0 Å². The normalized spacial score (nSPS) is 11.0. The average Bonchev–Trinajstić information content (AvgIpc) is 3.71. The first-order valence-electron chi connectivity index (χ1n) is 15.6. The van der Waals surface area contributed by atoms with Crippen molar-refractivity contribution in [2.24, 2.45) is 0 Å². The molecule has 0 aliphatic carbocycles. The van der Waals surface area contributed by atoms with Gasteiger partial charge in [-0.25, -0.2) is 18.3 Å². The summed E-state index contributed by atoms with van der Waals surface area (Å²) in [7, 11) is 0. The lowest BCUT2D eigenvalue weighted by atomic mass is 10.1. The van der Waals surface area contributed by atoms with Crippen LogP contribution in [0.4, 0.5) is 0 Å². The highest BCUT2D eigenvalue weighted by Crippen LogP contribution is 2.11. The first kappa shape index (κ1) is 33.9. The fourth-order valence-corrected chi connectivity index (χ4v) is 6.13. The highest BCUT2D eigenvalue weighted by Gasteiger charge is 2.12. The van der Waals surface area contributed by atoms with Crippen LogP contribution in [-0.4, -0.2) is 40.7 Å². The Hall–Kier alpha value is -3.44. The second-order valence-corrected chi connectivity index (χ2v) is 13.8. The van der Waals surface area contributed by atoms with Gasteiger partial charge in [-0.1, -0.05) is 109 Å². The van der Waals surface area contributed by atoms with E-state index in [1.807, 2.05) is 12.1 Å². The zero-order valence-corrected chi connectivity index (χ0v) is 29.4. The van der Waals surface area contributed by atoms with Gasteiger partial charge in [-0.05, 0) is 22.3 Å². The minimum atomic E-state index is 0.641. The number of hydrogen-bond donors (Lipinski definition) is 2. The van der Waals surface area contributed by atoms with Crippen LogP contribution in [0.3, 0.4) is 0 Å². The molecule has 0 N–H and O–H groups in total. The molecule has 0 saturated carbocycles. The van der Waals surface area contributed by atoms with Crippen molar-refractivity contribution in [3.8, 4) is 0 Å². The van der Waals surface area contributed by atoms with Crippen molar-refractivity contribution >= 4 is 58.3 Å². The van der Waals surface area contributed by atoms with E-state index < -0.39 is 0 Å². The van der Waals surface area contributed by atoms with Gasteiger partial charge in [-0.2, -0.15) is 0 Å². The van der Waals surface area contributed by atoms with Crippen molar-refractivity contribution in [3.63, 3.8) is 0 Å². The molecule has 0 amide bonds. The average molecular weight is 687 g/mol. The van der Waals surface area contributed by atoms with Crippen LogP contribution >= 0.6 is 49.7 Å². The molecule has 238 valence electrons. The van der Waals surface area contributed by atoms with Gasteiger partial charge >= 0.3 is 0 Å². The molecule has 5 rings (SSSR count). The Morgan fingerprint density at radius 1 is 0.565 bits per heavy atom. The third-order valence-electron chi connectivity index (χ3n) is 7.91. The van der Waals surface area contributed by atoms with Gasteiger partial charge in [0, 0.05) is 39.0 Å². The molecule has 46 heavy (non-hydrogen) atoms. The molecule has 0 fully saturated rings. The van der Waals surface area contributed by atoms with Gasteiger partial charge in [-0.15, -0.1) is 25.3 Å². The Morgan fingerprint density at radius 3 is 1.33 bits per heavy atom. The molecule has 0 spiro atoms. The standard InChI is InChI=1S/C36H40N6S4/c43-35(44)41(27-31-9-3-1-4-10-31)19-7-17-37-21-23-39(29-37)25-33-13-15-34(16-14-33)26-40-24-22-38(30-40)18-8-20-42(36(45)46)28-32-11-5-2-6-12-32/h1-6,9-16,21-24,29-30H,7-8,17-20,25-28H2/p+2. The Bertz CT molecular complexity index is 1540. The number of aromatic nitrogens is 4. The SMILES string of the molecule is S=C(S)N(CCCn1cc[n+](Cc2ccc(C[n+]3ccn(CCCN(Cc4ccccc4)C(=S)S)c3)cc2)c1)Cc1ccccc1. The van der Waals surface area contributed by atoms with Crippen LogP contribution < -0.4 is 9.13 Å². The highest BCUT2D eigenvalue weighted by molar-refractivity contribution is 8.11. The second kappa shape index (κ2) is 17.5. The molecule has 0 unspecified atom stereocenters. The summed E-state index contributed by atoms with van der Waals surface area (Å²) in [5.41, 5.74) is 5.05. The van der Waals surface area contributed by atoms with Crippen molar-refractivity contribution in [1.29, 1.82) is 0 Å². The van der Waals surface area contributed by atoms with Gasteiger partial charge in [0.25, 0.3) is 0 Å². The zero-order valence-electron chi connectivity index (χ0n) is 26.0. The van der Waals surface area contributed by atoms with Crippen LogP contribution in [0.15, 0.2) is 122 Å². The van der Waals surface area contributed by atoms with Crippen LogP contribution in [0.2, 0.25) is 0 Å². The summed E-state index contributed by atoms with van der Waals surface area (Å²) in [4.78, 5) is 4.31. The van der Waals surface area contributed by atoms with E-state index in [2.05, 4.69) is 164 Å². The third kappa shape index (κ3) is 10.8. The molecule has 0 atom stereocenters. The molecule has 0 aliphatic heterocycles. The summed E-state index contributed by atoms with van der Waals surface area (Å²) in [5.74, 6) is 0. The van der Waals surface area contributed by atoms with Crippen LogP contribution in [-0.2, 0) is 39.3 Å². The quantitative estimate of drug-likeness (QED) is 0.0737. The molecule has 2 heterocycles. The topological polar surface area (TPSA) is 24.1 Å². The molecule has 2 aromatic heterocycles. The molecule has 0 aliphatic rings. The highest BCUT2D eigenvalue weighted by atomic mass is 32.1. The van der Waals surface area contributed by atoms with Crippen molar-refractivity contribution in [3.05, 3.63) is 145 Å². The molecule has 10 heteroatoms. The zero-order chi connectivity index (χ0) is 32.1. The number of thiol groups is 2. The fourth-order valence-electron chi connectivity index (χ4n) is 5.48. The van der Waals surface area contributed by atoms with E-state index >= 15 is 0 Å². The summed E-state index contributed by atoms with van der Waals surface area (Å²) in [6, 6.07) is 29.7. The van der Waals surface area contributed by atoms with Crippen LogP contribution in [0.5, 0.6) is 0 Å². The van der Waals surface area contributed by atoms with Gasteiger partial charge in [0.2, 0.25) is 12.7 Å². The summed E-state index contributed by atoms with van der Waals surface area (Å²) >= 11 is 19.7. The van der Waals surface area contributed by atoms with Gasteiger partial charge < -0.3 is 9.80 Å². The first-order valence-corrected chi connectivity index (χ1v) is 17.3. The fraction of sp³-hybridized carbons (Fsp3) is 0.278. The van der Waals surface area contributed by atoms with E-state index in [1.165, 1.54) is 22.3 Å². The Labute approximate surface area is 294 Å². The lowest BCUT2D eigenvalue weighted by Crippen LogP contribution is -2.32. The van der Waals surface area contributed by atoms with Crippen molar-refractivity contribution in [2.45, 2.75) is 52.1 Å². The van der Waals surface area contributed by atoms with Crippen molar-refractivity contribution in [2.75, 3.05) is 13.1 Å². The predicted molar refractivity (Wildman–Crippen MR) is 200 cm³/mol. The molecular formula is C36H42N6S4+2. The molecule has 0 bridgehead atoms. The Morgan fingerprint density at radius 2 is 0.957 bits per heavy atom. The monoisotopic (exact) mass is 686 g/mol. The smallest absolute Gasteiger partial charge is 0.244 e. The molecular weight excluding hydrogens is 645 g/mol. The van der Waals surface area contributed by atoms with Crippen LogP contribution in [0.25, 0.3) is 0 Å². The molecule has 5 aromatic rings. The Balaban J connectivity index is 1.04. The number of aryl methyl sites for hydroxylation is 2. The third-order valence-corrected chi connectivity index (χ3v) is 8.99. The number of thiocarbonyl (C=S) groups is 2. The number of benzene rings is 3. The maximum absolute atomic E-state index is 5.39. The number of imidazole rings is 2. The summed E-state index contributed by atoms with van der Waals surface area (Å²) in [5, 5.41) is 0. The predicted octanol–water partition coefficient (Wildman–Crippen LogP) is 6.18. The summed E-state index contributed by atoms with van der Waals surface area (Å²) in [6.07, 6.45) is 14.9. The van der Waals surface area contributed by atoms with Crippen molar-refractivity contribution in [1.82, 2.24) is 18.9 Å². The maximum Gasteiger partial charge on any atom is 0.244 e. The summed E-state index contributed by atoms with van der Waals surface area (Å²) < 4.78 is 10.2. The largest absolute Gasteiger partial charge is 0.353 e. The van der Waals surface area contributed by atoms with Gasteiger partial charge in [0.15, 0.2) is 0 Å². The van der Waals surface area contributed by atoms with E-state index in [9.17, 15) is 0 Å². The first-order chi connectivity index (χ1) is 22.4. The van der Waals surface area contributed by atoms with Crippen LogP contribution in [0.1, 0.15) is 35.1 Å². The lowest BCUT2D eigenvalue weighted by Gasteiger charge is -2.22. The van der Waals surface area contributed by atoms with E-state index in [4.69, 9.17) is 24.4 Å². The summed E-state index contributed by atoms with van der Waals surface area (Å²) in [6.45, 7) is 6.86. The van der Waals surface area contributed by atoms with Crippen molar-refractivity contribution < 1.29 is 9.13 Å². The van der Waals surface area contributed by atoms with Gasteiger partial charge in [0.1, 0.15) is 46.5 Å². The number of rotatable bonds is 16. The number of nitrogens with zero attached hydrogens (tertiary/aromatic N) is 6. The van der Waals surface area contributed by atoms with E-state index in [0.29, 0.717) is 8.64 Å². The number of hydrogen-bond acceptors (Lipinski definition) is 2.